The summed E-state index contributed by atoms with van der Waals surface area (Å²) in [6.45, 7) is 5.97. The smallest absolute Gasteiger partial charge is 0.213 e. The van der Waals surface area contributed by atoms with E-state index < -0.39 is 5.97 Å². The summed E-state index contributed by atoms with van der Waals surface area (Å²) >= 11 is 0.930. The average Bonchev–Trinajstić information content (AvgIpc) is 3.07. The van der Waals surface area contributed by atoms with Crippen LogP contribution in [0.5, 0.6) is 11.5 Å². The third-order valence-corrected chi connectivity index (χ3v) is 4.11. The minimum Gasteiger partial charge on any atom is -0.544 e. The number of carbonyl (C=O) groups excluding carboxylic acids is 1. The fourth-order valence-electron chi connectivity index (χ4n) is 2.09. The predicted molar refractivity (Wildman–Crippen MR) is 97.9 cm³/mol. The summed E-state index contributed by atoms with van der Waals surface area (Å²) in [6.07, 6.45) is 4.78. The van der Waals surface area contributed by atoms with Crippen molar-refractivity contribution in [3.63, 3.8) is 0 Å². The zero-order chi connectivity index (χ0) is 18.9. The first-order valence-corrected chi connectivity index (χ1v) is 8.83. The van der Waals surface area contributed by atoms with Gasteiger partial charge in [-0.25, -0.2) is 4.98 Å². The number of hydrogen-bond donors (Lipinski definition) is 1. The fourth-order valence-corrected chi connectivity index (χ4v) is 2.82. The Morgan fingerprint density at radius 3 is 2.88 bits per heavy atom. The zero-order valence-corrected chi connectivity index (χ0v) is 15.5. The van der Waals surface area contributed by atoms with E-state index in [1.807, 2.05) is 6.92 Å². The van der Waals surface area contributed by atoms with Crippen LogP contribution in [0.1, 0.15) is 24.7 Å². The van der Waals surface area contributed by atoms with E-state index in [1.54, 1.807) is 24.3 Å². The molecule has 0 aliphatic rings. The number of rotatable bonds is 10. The highest BCUT2D eigenvalue weighted by molar-refractivity contribution is 8.04. The van der Waals surface area contributed by atoms with Gasteiger partial charge in [-0.05, 0) is 42.0 Å². The summed E-state index contributed by atoms with van der Waals surface area (Å²) in [6, 6.07) is 5.12. The molecule has 1 aromatic carbocycles. The number of hydrogen-bond acceptors (Lipinski definition) is 7. The van der Waals surface area contributed by atoms with E-state index >= 15 is 0 Å². The Kier molecular flexibility index (Phi) is 7.28. The Morgan fingerprint density at radius 2 is 2.23 bits per heavy atom. The first-order chi connectivity index (χ1) is 12.6. The molecule has 0 radical (unpaired) electrons. The first-order valence-electron chi connectivity index (χ1n) is 8.01. The molecule has 138 valence electrons. The molecule has 0 fully saturated rings. The molecule has 0 unspecified atom stereocenters. The lowest BCUT2D eigenvalue weighted by Gasteiger charge is -2.11. The van der Waals surface area contributed by atoms with Crippen molar-refractivity contribution in [2.24, 2.45) is 0 Å². The summed E-state index contributed by atoms with van der Waals surface area (Å²) in [4.78, 5) is 15.7. The van der Waals surface area contributed by atoms with E-state index in [-0.39, 0.29) is 4.91 Å². The fraction of sp³-hybridized carbons (Fsp3) is 0.278. The van der Waals surface area contributed by atoms with E-state index in [4.69, 9.17) is 9.47 Å². The van der Waals surface area contributed by atoms with Gasteiger partial charge in [-0.1, -0.05) is 25.6 Å². The molecular formula is C18H20N3O4S-. The van der Waals surface area contributed by atoms with Crippen molar-refractivity contribution in [1.29, 1.82) is 0 Å². The molecule has 8 heteroatoms. The molecule has 0 saturated heterocycles. The third kappa shape index (κ3) is 5.38. The van der Waals surface area contributed by atoms with Crippen LogP contribution in [0.3, 0.4) is 0 Å². The number of carbonyl (C=O) groups is 1. The van der Waals surface area contributed by atoms with Crippen molar-refractivity contribution in [2.45, 2.75) is 24.9 Å². The molecule has 1 aromatic heterocycles. The van der Waals surface area contributed by atoms with Gasteiger partial charge in [0.05, 0.1) is 13.1 Å². The lowest BCUT2D eigenvalue weighted by molar-refractivity contribution is -0.297. The Bertz CT molecular complexity index is 801. The van der Waals surface area contributed by atoms with E-state index in [0.29, 0.717) is 28.8 Å². The number of aromatic nitrogens is 3. The largest absolute Gasteiger partial charge is 0.544 e. The second-order valence-electron chi connectivity index (χ2n) is 5.22. The Labute approximate surface area is 156 Å². The summed E-state index contributed by atoms with van der Waals surface area (Å²) in [5.41, 5.74) is 0.629. The minimum atomic E-state index is -1.30. The second kappa shape index (κ2) is 9.67. The molecule has 2 aromatic rings. The Morgan fingerprint density at radius 1 is 1.42 bits per heavy atom. The van der Waals surface area contributed by atoms with Gasteiger partial charge in [-0.15, -0.1) is 5.10 Å². The highest BCUT2D eigenvalue weighted by Crippen LogP contribution is 2.31. The number of nitrogens with zero attached hydrogens (tertiary/aromatic N) is 2. The molecule has 0 saturated carbocycles. The third-order valence-electron chi connectivity index (χ3n) is 3.24. The van der Waals surface area contributed by atoms with Gasteiger partial charge in [-0.3, -0.25) is 5.10 Å². The molecule has 1 N–H and O–H groups in total. The van der Waals surface area contributed by atoms with Crippen LogP contribution < -0.4 is 14.6 Å². The van der Waals surface area contributed by atoms with E-state index in [9.17, 15) is 9.90 Å². The van der Waals surface area contributed by atoms with E-state index in [2.05, 4.69) is 21.8 Å². The SMILES string of the molecule is C=CCOc1ccc(/C=C(\Sc2n[nH]c(CCC)n2)C(=O)[O-])cc1OC. The van der Waals surface area contributed by atoms with Gasteiger partial charge in [0.15, 0.2) is 11.5 Å². The quantitative estimate of drug-likeness (QED) is 0.386. The van der Waals surface area contributed by atoms with E-state index in [0.717, 1.165) is 30.4 Å². The van der Waals surface area contributed by atoms with Crippen LogP contribution in [-0.4, -0.2) is 34.9 Å². The molecular weight excluding hydrogens is 354 g/mol. The van der Waals surface area contributed by atoms with Crippen LogP contribution in [0.15, 0.2) is 40.9 Å². The second-order valence-corrected chi connectivity index (χ2v) is 6.23. The molecule has 2 rings (SSSR count). The minimum absolute atomic E-state index is 0.00568. The summed E-state index contributed by atoms with van der Waals surface area (Å²) in [7, 11) is 1.51. The molecule has 0 bridgehead atoms. The highest BCUT2D eigenvalue weighted by Gasteiger charge is 2.10. The molecule has 0 spiro atoms. The number of carboxylic acids is 1. The number of aromatic amines is 1. The number of ether oxygens (including phenoxy) is 2. The van der Waals surface area contributed by atoms with Crippen molar-refractivity contribution in [2.75, 3.05) is 13.7 Å². The van der Waals surface area contributed by atoms with Crippen LogP contribution in [0, 0.1) is 0 Å². The normalized spacial score (nSPS) is 11.2. The maximum Gasteiger partial charge on any atom is 0.213 e. The number of H-pyrrole nitrogens is 1. The van der Waals surface area contributed by atoms with Crippen molar-refractivity contribution >= 4 is 23.8 Å². The van der Waals surface area contributed by atoms with Crippen LogP contribution in [0.2, 0.25) is 0 Å². The summed E-state index contributed by atoms with van der Waals surface area (Å²) in [5, 5.41) is 18.6. The van der Waals surface area contributed by atoms with Crippen molar-refractivity contribution in [1.82, 2.24) is 15.2 Å². The van der Waals surface area contributed by atoms with Crippen LogP contribution in [0.25, 0.3) is 6.08 Å². The summed E-state index contributed by atoms with van der Waals surface area (Å²) < 4.78 is 10.8. The van der Waals surface area contributed by atoms with Gasteiger partial charge in [0.2, 0.25) is 5.16 Å². The number of methoxy groups -OCH3 is 1. The molecule has 0 amide bonds. The number of nitrogens with one attached hydrogen (secondary N) is 1. The lowest BCUT2D eigenvalue weighted by Crippen LogP contribution is -2.23. The van der Waals surface area contributed by atoms with Crippen LogP contribution in [0.4, 0.5) is 0 Å². The number of benzene rings is 1. The van der Waals surface area contributed by atoms with Gasteiger partial charge >= 0.3 is 0 Å². The Balaban J connectivity index is 2.23. The van der Waals surface area contributed by atoms with Gasteiger partial charge < -0.3 is 19.4 Å². The van der Waals surface area contributed by atoms with Crippen molar-refractivity contribution in [3.8, 4) is 11.5 Å². The topological polar surface area (TPSA) is 100 Å². The monoisotopic (exact) mass is 374 g/mol. The van der Waals surface area contributed by atoms with E-state index in [1.165, 1.54) is 13.2 Å². The highest BCUT2D eigenvalue weighted by atomic mass is 32.2. The van der Waals surface area contributed by atoms with Crippen LogP contribution >= 0.6 is 11.8 Å². The van der Waals surface area contributed by atoms with Gasteiger partial charge in [-0.2, -0.15) is 0 Å². The first kappa shape index (κ1) is 19.6. The number of carboxylic acid groups (broad SMARTS) is 1. The Hall–Kier alpha value is -2.74. The van der Waals surface area contributed by atoms with Crippen molar-refractivity contribution < 1.29 is 19.4 Å². The molecule has 1 heterocycles. The van der Waals surface area contributed by atoms with Crippen LogP contribution in [-0.2, 0) is 11.2 Å². The van der Waals surface area contributed by atoms with Crippen molar-refractivity contribution in [3.05, 3.63) is 47.1 Å². The standard InChI is InChI=1S/C18H21N3O4S/c1-4-6-16-19-18(21-20-16)26-15(17(22)23)11-12-7-8-13(25-9-5-2)14(10-12)24-3/h5,7-8,10-11H,2,4,6,9H2,1,3H3,(H,22,23)(H,19,20,21)/p-1/b15-11-. The number of aliphatic carboxylic acids is 1. The maximum absolute atomic E-state index is 11.5. The molecule has 0 aliphatic heterocycles. The predicted octanol–water partition coefficient (Wildman–Crippen LogP) is 2.21. The molecule has 7 nitrogen and oxygen atoms in total. The molecule has 0 aliphatic carbocycles. The maximum atomic E-state index is 11.5. The molecule has 26 heavy (non-hydrogen) atoms. The molecule has 0 atom stereocenters. The average molecular weight is 374 g/mol. The van der Waals surface area contributed by atoms with Gasteiger partial charge in [0.25, 0.3) is 0 Å². The number of thioether (sulfide) groups is 1. The van der Waals surface area contributed by atoms with Gasteiger partial charge in [0, 0.05) is 11.3 Å². The van der Waals surface area contributed by atoms with Gasteiger partial charge in [0.1, 0.15) is 12.4 Å². The summed E-state index contributed by atoms with van der Waals surface area (Å²) in [5.74, 6) is 0.456. The number of aryl methyl sites for hydroxylation is 1. The lowest BCUT2D eigenvalue weighted by atomic mass is 10.2. The zero-order valence-electron chi connectivity index (χ0n) is 14.7.